The first-order chi connectivity index (χ1) is 6.09. The van der Waals surface area contributed by atoms with Crippen LogP contribution in [-0.4, -0.2) is 37.4 Å². The fourth-order valence-electron chi connectivity index (χ4n) is 1.54. The van der Waals surface area contributed by atoms with Crippen LogP contribution in [0, 0.1) is 0 Å². The van der Waals surface area contributed by atoms with Gasteiger partial charge in [0.05, 0.1) is 12.2 Å². The lowest BCUT2D eigenvalue weighted by atomic mass is 10.2. The third-order valence-corrected chi connectivity index (χ3v) is 2.55. The summed E-state index contributed by atoms with van der Waals surface area (Å²) in [6.07, 6.45) is 0.629. The van der Waals surface area contributed by atoms with E-state index in [2.05, 4.69) is 38.3 Å². The van der Waals surface area contributed by atoms with Gasteiger partial charge in [0, 0.05) is 25.2 Å². The van der Waals surface area contributed by atoms with Crippen LogP contribution < -0.4 is 10.6 Å². The fourth-order valence-corrected chi connectivity index (χ4v) is 1.54. The van der Waals surface area contributed by atoms with Crippen LogP contribution in [0.2, 0.25) is 0 Å². The lowest BCUT2D eigenvalue weighted by Gasteiger charge is -2.18. The van der Waals surface area contributed by atoms with Gasteiger partial charge in [0.15, 0.2) is 0 Å². The summed E-state index contributed by atoms with van der Waals surface area (Å²) < 4.78 is 5.74. The standard InChI is InChI=1S/C10H22N2O/c1-7(2)13-10-5-11-8(3)9(4)12-6-10/h7-12H,5-6H2,1-4H3. The SMILES string of the molecule is CC(C)OC1CNC(C)C(C)NC1. The first-order valence-electron chi connectivity index (χ1n) is 5.22. The smallest absolute Gasteiger partial charge is 0.0827 e. The highest BCUT2D eigenvalue weighted by molar-refractivity contribution is 4.82. The van der Waals surface area contributed by atoms with Crippen molar-refractivity contribution in [3.63, 3.8) is 0 Å². The Labute approximate surface area is 81.2 Å². The fraction of sp³-hybridized carbons (Fsp3) is 1.00. The zero-order chi connectivity index (χ0) is 9.84. The maximum atomic E-state index is 5.74. The molecule has 1 aliphatic rings. The van der Waals surface area contributed by atoms with Crippen molar-refractivity contribution in [2.75, 3.05) is 13.1 Å². The molecule has 0 bridgehead atoms. The van der Waals surface area contributed by atoms with Crippen LogP contribution >= 0.6 is 0 Å². The molecule has 1 fully saturated rings. The maximum Gasteiger partial charge on any atom is 0.0827 e. The Morgan fingerprint density at radius 2 is 1.54 bits per heavy atom. The summed E-state index contributed by atoms with van der Waals surface area (Å²) in [5.74, 6) is 0. The molecule has 3 heteroatoms. The monoisotopic (exact) mass is 186 g/mol. The molecule has 1 heterocycles. The van der Waals surface area contributed by atoms with E-state index in [4.69, 9.17) is 4.74 Å². The van der Waals surface area contributed by atoms with Crippen LogP contribution in [0.5, 0.6) is 0 Å². The molecule has 1 aliphatic heterocycles. The summed E-state index contributed by atoms with van der Waals surface area (Å²) >= 11 is 0. The highest BCUT2D eigenvalue weighted by atomic mass is 16.5. The summed E-state index contributed by atoms with van der Waals surface area (Å²) in [5.41, 5.74) is 0. The molecule has 2 unspecified atom stereocenters. The minimum Gasteiger partial charge on any atom is -0.373 e. The predicted molar refractivity (Wildman–Crippen MR) is 54.9 cm³/mol. The molecule has 0 aromatic carbocycles. The van der Waals surface area contributed by atoms with Crippen LogP contribution in [0.15, 0.2) is 0 Å². The molecule has 1 rings (SSSR count). The Bertz CT molecular complexity index is 138. The lowest BCUT2D eigenvalue weighted by Crippen LogP contribution is -2.40. The summed E-state index contributed by atoms with van der Waals surface area (Å²) in [4.78, 5) is 0. The normalized spacial score (nSPS) is 36.2. The highest BCUT2D eigenvalue weighted by Gasteiger charge is 2.20. The molecule has 0 aromatic heterocycles. The Hall–Kier alpha value is -0.120. The molecule has 2 atom stereocenters. The van der Waals surface area contributed by atoms with Gasteiger partial charge in [0.2, 0.25) is 0 Å². The second-order valence-corrected chi connectivity index (χ2v) is 4.20. The largest absolute Gasteiger partial charge is 0.373 e. The van der Waals surface area contributed by atoms with E-state index in [1.54, 1.807) is 0 Å². The molecule has 3 nitrogen and oxygen atoms in total. The van der Waals surface area contributed by atoms with Crippen molar-refractivity contribution >= 4 is 0 Å². The van der Waals surface area contributed by atoms with E-state index in [1.807, 2.05) is 0 Å². The molecule has 0 aliphatic carbocycles. The summed E-state index contributed by atoms with van der Waals surface area (Å²) in [7, 11) is 0. The average molecular weight is 186 g/mol. The number of hydrogen-bond donors (Lipinski definition) is 2. The molecule has 0 radical (unpaired) electrons. The second-order valence-electron chi connectivity index (χ2n) is 4.20. The highest BCUT2D eigenvalue weighted by Crippen LogP contribution is 2.02. The molecule has 78 valence electrons. The van der Waals surface area contributed by atoms with Gasteiger partial charge in [-0.2, -0.15) is 0 Å². The molecule has 0 amide bonds. The Kier molecular flexibility index (Phi) is 4.16. The van der Waals surface area contributed by atoms with Crippen molar-refractivity contribution in [1.82, 2.24) is 10.6 Å². The second kappa shape index (κ2) is 4.94. The zero-order valence-corrected chi connectivity index (χ0v) is 9.13. The van der Waals surface area contributed by atoms with E-state index < -0.39 is 0 Å². The first kappa shape index (κ1) is 11.0. The maximum absolute atomic E-state index is 5.74. The van der Waals surface area contributed by atoms with Gasteiger partial charge in [0.1, 0.15) is 0 Å². The molecular formula is C10H22N2O. The molecule has 0 aromatic rings. The Balaban J connectivity index is 2.35. The van der Waals surface area contributed by atoms with Crippen molar-refractivity contribution in [2.45, 2.75) is 52.0 Å². The summed E-state index contributed by atoms with van der Waals surface area (Å²) in [6.45, 7) is 10.5. The number of rotatable bonds is 2. The third kappa shape index (κ3) is 3.63. The van der Waals surface area contributed by atoms with Crippen molar-refractivity contribution < 1.29 is 4.74 Å². The topological polar surface area (TPSA) is 33.3 Å². The lowest BCUT2D eigenvalue weighted by molar-refractivity contribution is 0.0125. The molecular weight excluding hydrogens is 164 g/mol. The van der Waals surface area contributed by atoms with Gasteiger partial charge < -0.3 is 15.4 Å². The molecule has 13 heavy (non-hydrogen) atoms. The zero-order valence-electron chi connectivity index (χ0n) is 9.13. The Morgan fingerprint density at radius 1 is 1.08 bits per heavy atom. The quantitative estimate of drug-likeness (QED) is 0.667. The third-order valence-electron chi connectivity index (χ3n) is 2.55. The summed E-state index contributed by atoms with van der Waals surface area (Å²) in [5, 5.41) is 6.92. The van der Waals surface area contributed by atoms with Crippen LogP contribution in [0.25, 0.3) is 0 Å². The van der Waals surface area contributed by atoms with Gasteiger partial charge in [0.25, 0.3) is 0 Å². The van der Waals surface area contributed by atoms with Gasteiger partial charge in [-0.3, -0.25) is 0 Å². The van der Waals surface area contributed by atoms with E-state index in [9.17, 15) is 0 Å². The number of ether oxygens (including phenoxy) is 1. The van der Waals surface area contributed by atoms with Crippen molar-refractivity contribution in [2.24, 2.45) is 0 Å². The number of hydrogen-bond acceptors (Lipinski definition) is 3. The van der Waals surface area contributed by atoms with Gasteiger partial charge in [-0.25, -0.2) is 0 Å². The number of nitrogens with one attached hydrogen (secondary N) is 2. The van der Waals surface area contributed by atoms with E-state index in [0.29, 0.717) is 24.3 Å². The molecule has 2 N–H and O–H groups in total. The Morgan fingerprint density at radius 3 is 1.92 bits per heavy atom. The minimum absolute atomic E-state index is 0.312. The molecule has 0 spiro atoms. The van der Waals surface area contributed by atoms with Gasteiger partial charge >= 0.3 is 0 Å². The average Bonchev–Trinajstić information content (AvgIpc) is 2.19. The molecule has 0 saturated carbocycles. The van der Waals surface area contributed by atoms with Gasteiger partial charge in [-0.05, 0) is 27.7 Å². The van der Waals surface area contributed by atoms with Gasteiger partial charge in [-0.1, -0.05) is 0 Å². The minimum atomic E-state index is 0.312. The van der Waals surface area contributed by atoms with Crippen LogP contribution in [0.4, 0.5) is 0 Å². The van der Waals surface area contributed by atoms with E-state index >= 15 is 0 Å². The van der Waals surface area contributed by atoms with Crippen LogP contribution in [-0.2, 0) is 4.74 Å². The summed E-state index contributed by atoms with van der Waals surface area (Å²) in [6, 6.07) is 1.06. The predicted octanol–water partition coefficient (Wildman–Crippen LogP) is 0.750. The molecule has 1 saturated heterocycles. The van der Waals surface area contributed by atoms with Gasteiger partial charge in [-0.15, -0.1) is 0 Å². The van der Waals surface area contributed by atoms with E-state index in [1.165, 1.54) is 0 Å². The first-order valence-corrected chi connectivity index (χ1v) is 5.22. The van der Waals surface area contributed by atoms with E-state index in [-0.39, 0.29) is 0 Å². The van der Waals surface area contributed by atoms with E-state index in [0.717, 1.165) is 13.1 Å². The van der Waals surface area contributed by atoms with Crippen LogP contribution in [0.1, 0.15) is 27.7 Å². The van der Waals surface area contributed by atoms with Crippen molar-refractivity contribution in [3.05, 3.63) is 0 Å². The van der Waals surface area contributed by atoms with Crippen molar-refractivity contribution in [3.8, 4) is 0 Å². The van der Waals surface area contributed by atoms with Crippen molar-refractivity contribution in [1.29, 1.82) is 0 Å². The van der Waals surface area contributed by atoms with Crippen LogP contribution in [0.3, 0.4) is 0 Å².